The minimum atomic E-state index is 0.533. The third kappa shape index (κ3) is 1.68. The van der Waals surface area contributed by atoms with Gasteiger partial charge >= 0.3 is 0 Å². The SMILES string of the molecule is NCc1[c]cccc1-c1ccccc1. The van der Waals surface area contributed by atoms with E-state index in [1.54, 1.807) is 0 Å². The van der Waals surface area contributed by atoms with Gasteiger partial charge in [0.05, 0.1) is 0 Å². The molecule has 0 saturated carbocycles. The first kappa shape index (κ1) is 8.97. The van der Waals surface area contributed by atoms with Crippen LogP contribution in [0.2, 0.25) is 0 Å². The molecule has 0 aliphatic heterocycles. The fourth-order valence-electron chi connectivity index (χ4n) is 1.53. The average molecular weight is 182 g/mol. The molecular weight excluding hydrogens is 170 g/mol. The molecule has 0 bridgehead atoms. The Kier molecular flexibility index (Phi) is 2.61. The fraction of sp³-hybridized carbons (Fsp3) is 0.0769. The third-order valence-corrected chi connectivity index (χ3v) is 2.23. The van der Waals surface area contributed by atoms with Crippen molar-refractivity contribution in [3.05, 3.63) is 60.2 Å². The van der Waals surface area contributed by atoms with E-state index in [0.717, 1.165) is 5.56 Å². The molecule has 1 nitrogen and oxygen atoms in total. The highest BCUT2D eigenvalue weighted by molar-refractivity contribution is 5.66. The minimum absolute atomic E-state index is 0.533. The van der Waals surface area contributed by atoms with Gasteiger partial charge in [-0.15, -0.1) is 0 Å². The van der Waals surface area contributed by atoms with Crippen LogP contribution in [-0.4, -0.2) is 0 Å². The van der Waals surface area contributed by atoms with E-state index < -0.39 is 0 Å². The molecule has 2 aromatic carbocycles. The quantitative estimate of drug-likeness (QED) is 0.759. The predicted molar refractivity (Wildman–Crippen MR) is 58.6 cm³/mol. The minimum Gasteiger partial charge on any atom is -0.326 e. The van der Waals surface area contributed by atoms with Crippen molar-refractivity contribution in [3.63, 3.8) is 0 Å². The molecule has 14 heavy (non-hydrogen) atoms. The molecule has 0 atom stereocenters. The first-order valence-corrected chi connectivity index (χ1v) is 4.67. The van der Waals surface area contributed by atoms with Gasteiger partial charge in [-0.05, 0) is 22.8 Å². The van der Waals surface area contributed by atoms with Gasteiger partial charge < -0.3 is 5.73 Å². The zero-order valence-corrected chi connectivity index (χ0v) is 7.90. The molecule has 69 valence electrons. The first-order valence-electron chi connectivity index (χ1n) is 4.67. The predicted octanol–water partition coefficient (Wildman–Crippen LogP) is 2.61. The van der Waals surface area contributed by atoms with Gasteiger partial charge in [-0.2, -0.15) is 0 Å². The molecule has 1 radical (unpaired) electrons. The van der Waals surface area contributed by atoms with Gasteiger partial charge in [0.15, 0.2) is 0 Å². The van der Waals surface area contributed by atoms with Crippen molar-refractivity contribution in [1.29, 1.82) is 0 Å². The normalized spacial score (nSPS) is 10.1. The maximum absolute atomic E-state index is 5.66. The molecule has 0 fully saturated rings. The van der Waals surface area contributed by atoms with Crippen LogP contribution < -0.4 is 5.73 Å². The Labute approximate surface area is 84.2 Å². The lowest BCUT2D eigenvalue weighted by Gasteiger charge is -2.06. The molecule has 2 N–H and O–H groups in total. The van der Waals surface area contributed by atoms with Crippen LogP contribution in [0.3, 0.4) is 0 Å². The van der Waals surface area contributed by atoms with Crippen LogP contribution in [-0.2, 0) is 6.54 Å². The third-order valence-electron chi connectivity index (χ3n) is 2.23. The summed E-state index contributed by atoms with van der Waals surface area (Å²) in [7, 11) is 0. The molecule has 0 aliphatic carbocycles. The highest BCUT2D eigenvalue weighted by atomic mass is 14.5. The van der Waals surface area contributed by atoms with Crippen molar-refractivity contribution in [1.82, 2.24) is 0 Å². The van der Waals surface area contributed by atoms with E-state index in [2.05, 4.69) is 24.3 Å². The lowest BCUT2D eigenvalue weighted by molar-refractivity contribution is 1.07. The van der Waals surface area contributed by atoms with E-state index in [4.69, 9.17) is 5.73 Å². The van der Waals surface area contributed by atoms with E-state index >= 15 is 0 Å². The van der Waals surface area contributed by atoms with Crippen molar-refractivity contribution in [2.75, 3.05) is 0 Å². The topological polar surface area (TPSA) is 26.0 Å². The van der Waals surface area contributed by atoms with Gasteiger partial charge in [0.1, 0.15) is 0 Å². The Bertz CT molecular complexity index is 407. The lowest BCUT2D eigenvalue weighted by atomic mass is 10.00. The molecule has 1 heteroatoms. The molecule has 2 rings (SSSR count). The largest absolute Gasteiger partial charge is 0.326 e. The Morgan fingerprint density at radius 2 is 1.79 bits per heavy atom. The molecular formula is C13H12N. The standard InChI is InChI=1S/C13H12N/c14-10-12-8-4-5-9-13(12)11-6-2-1-3-7-11/h1-7,9H,10,14H2. The van der Waals surface area contributed by atoms with Crippen molar-refractivity contribution >= 4 is 0 Å². The summed E-state index contributed by atoms with van der Waals surface area (Å²) >= 11 is 0. The molecule has 0 aromatic heterocycles. The lowest BCUT2D eigenvalue weighted by Crippen LogP contribution is -1.98. The Balaban J connectivity index is 2.51. The zero-order chi connectivity index (χ0) is 9.80. The van der Waals surface area contributed by atoms with Gasteiger partial charge in [-0.25, -0.2) is 0 Å². The second kappa shape index (κ2) is 4.07. The molecule has 0 saturated heterocycles. The molecule has 0 amide bonds. The van der Waals surface area contributed by atoms with E-state index in [0.29, 0.717) is 6.54 Å². The molecule has 0 spiro atoms. The Hall–Kier alpha value is -1.60. The van der Waals surface area contributed by atoms with Crippen LogP contribution in [0.4, 0.5) is 0 Å². The summed E-state index contributed by atoms with van der Waals surface area (Å²) in [4.78, 5) is 0. The van der Waals surface area contributed by atoms with Crippen LogP contribution in [0.25, 0.3) is 11.1 Å². The maximum atomic E-state index is 5.66. The molecule has 0 heterocycles. The summed E-state index contributed by atoms with van der Waals surface area (Å²) in [5.74, 6) is 0. The van der Waals surface area contributed by atoms with Crippen LogP contribution in [0, 0.1) is 6.07 Å². The number of nitrogens with two attached hydrogens (primary N) is 1. The maximum Gasteiger partial charge on any atom is 0.0190 e. The Morgan fingerprint density at radius 1 is 1.00 bits per heavy atom. The first-order chi connectivity index (χ1) is 6.92. The summed E-state index contributed by atoms with van der Waals surface area (Å²) in [6.45, 7) is 0.533. The molecule has 0 unspecified atom stereocenters. The summed E-state index contributed by atoms with van der Waals surface area (Å²) in [6.07, 6.45) is 0. The zero-order valence-electron chi connectivity index (χ0n) is 7.90. The van der Waals surface area contributed by atoms with E-state index in [9.17, 15) is 0 Å². The van der Waals surface area contributed by atoms with Crippen LogP contribution in [0.15, 0.2) is 48.5 Å². The molecule has 2 aromatic rings. The number of hydrogen-bond donors (Lipinski definition) is 1. The van der Waals surface area contributed by atoms with E-state index in [-0.39, 0.29) is 0 Å². The van der Waals surface area contributed by atoms with E-state index in [1.165, 1.54) is 11.1 Å². The number of benzene rings is 2. The van der Waals surface area contributed by atoms with Crippen LogP contribution >= 0.6 is 0 Å². The van der Waals surface area contributed by atoms with Gasteiger partial charge in [0.25, 0.3) is 0 Å². The summed E-state index contributed by atoms with van der Waals surface area (Å²) in [5.41, 5.74) is 9.10. The van der Waals surface area contributed by atoms with E-state index in [1.807, 2.05) is 30.3 Å². The summed E-state index contributed by atoms with van der Waals surface area (Å²) in [6, 6.07) is 19.4. The van der Waals surface area contributed by atoms with Crippen LogP contribution in [0.5, 0.6) is 0 Å². The van der Waals surface area contributed by atoms with Gasteiger partial charge in [-0.3, -0.25) is 0 Å². The van der Waals surface area contributed by atoms with Crippen molar-refractivity contribution in [2.24, 2.45) is 5.73 Å². The molecule has 0 aliphatic rings. The van der Waals surface area contributed by atoms with Gasteiger partial charge in [-0.1, -0.05) is 48.5 Å². The smallest absolute Gasteiger partial charge is 0.0190 e. The van der Waals surface area contributed by atoms with Crippen molar-refractivity contribution < 1.29 is 0 Å². The monoisotopic (exact) mass is 182 g/mol. The second-order valence-corrected chi connectivity index (χ2v) is 3.13. The number of rotatable bonds is 2. The second-order valence-electron chi connectivity index (χ2n) is 3.13. The van der Waals surface area contributed by atoms with Crippen molar-refractivity contribution in [2.45, 2.75) is 6.54 Å². The summed E-state index contributed by atoms with van der Waals surface area (Å²) < 4.78 is 0. The van der Waals surface area contributed by atoms with Gasteiger partial charge in [0, 0.05) is 6.54 Å². The highest BCUT2D eigenvalue weighted by Gasteiger charge is 2.01. The fourth-order valence-corrected chi connectivity index (χ4v) is 1.53. The van der Waals surface area contributed by atoms with Gasteiger partial charge in [0.2, 0.25) is 0 Å². The Morgan fingerprint density at radius 3 is 2.50 bits per heavy atom. The number of hydrogen-bond acceptors (Lipinski definition) is 1. The van der Waals surface area contributed by atoms with Crippen LogP contribution in [0.1, 0.15) is 5.56 Å². The average Bonchev–Trinajstić information content (AvgIpc) is 2.30. The summed E-state index contributed by atoms with van der Waals surface area (Å²) in [5, 5.41) is 0. The van der Waals surface area contributed by atoms with Crippen molar-refractivity contribution in [3.8, 4) is 11.1 Å². The highest BCUT2D eigenvalue weighted by Crippen LogP contribution is 2.22.